The SMILES string of the molecule is CC1(C)C=C(P(=O)(c2ccccc2)c2ccccc2)c2ccccc2O1. The lowest BCUT2D eigenvalue weighted by Gasteiger charge is -2.34. The van der Waals surface area contributed by atoms with Crippen LogP contribution in [0.1, 0.15) is 19.4 Å². The molecule has 3 aromatic carbocycles. The maximum Gasteiger partial charge on any atom is 0.171 e. The zero-order valence-electron chi connectivity index (χ0n) is 14.9. The van der Waals surface area contributed by atoms with Gasteiger partial charge >= 0.3 is 0 Å². The van der Waals surface area contributed by atoms with Crippen molar-refractivity contribution in [1.82, 2.24) is 0 Å². The Kier molecular flexibility index (Phi) is 4.09. The van der Waals surface area contributed by atoms with E-state index in [9.17, 15) is 4.57 Å². The highest BCUT2D eigenvalue weighted by Gasteiger charge is 2.38. The fourth-order valence-electron chi connectivity index (χ4n) is 3.45. The summed E-state index contributed by atoms with van der Waals surface area (Å²) in [6, 6.07) is 27.4. The molecule has 0 fully saturated rings. The molecule has 130 valence electrons. The minimum atomic E-state index is -3.03. The maximum atomic E-state index is 14.7. The van der Waals surface area contributed by atoms with E-state index in [-0.39, 0.29) is 0 Å². The topological polar surface area (TPSA) is 26.3 Å². The standard InChI is InChI=1S/C23H21O2P/c1-23(2)17-22(20-15-9-10-16-21(20)25-23)26(24,18-11-5-3-6-12-18)19-13-7-4-8-14-19/h3-17H,1-2H3. The molecule has 3 aromatic rings. The van der Waals surface area contributed by atoms with Crippen molar-refractivity contribution in [2.75, 3.05) is 0 Å². The smallest absolute Gasteiger partial charge is 0.171 e. The van der Waals surface area contributed by atoms with E-state index in [1.54, 1.807) is 0 Å². The van der Waals surface area contributed by atoms with E-state index in [1.165, 1.54) is 0 Å². The molecule has 1 aliphatic rings. The third-order valence-corrected chi connectivity index (χ3v) is 7.70. The lowest BCUT2D eigenvalue weighted by atomic mass is 10.0. The van der Waals surface area contributed by atoms with E-state index < -0.39 is 12.7 Å². The Bertz CT molecular complexity index is 961. The Morgan fingerprint density at radius 1 is 0.731 bits per heavy atom. The summed E-state index contributed by atoms with van der Waals surface area (Å²) >= 11 is 0. The molecule has 2 nitrogen and oxygen atoms in total. The fourth-order valence-corrected chi connectivity index (χ4v) is 6.51. The third-order valence-electron chi connectivity index (χ3n) is 4.60. The van der Waals surface area contributed by atoms with Gasteiger partial charge in [-0.25, -0.2) is 0 Å². The van der Waals surface area contributed by atoms with Crippen molar-refractivity contribution < 1.29 is 9.30 Å². The van der Waals surface area contributed by atoms with Crippen molar-refractivity contribution in [3.05, 3.63) is 96.6 Å². The van der Waals surface area contributed by atoms with Crippen molar-refractivity contribution >= 4 is 23.1 Å². The minimum Gasteiger partial charge on any atom is -0.483 e. The van der Waals surface area contributed by atoms with E-state index in [4.69, 9.17) is 4.74 Å². The van der Waals surface area contributed by atoms with Crippen molar-refractivity contribution in [1.29, 1.82) is 0 Å². The van der Waals surface area contributed by atoms with Crippen LogP contribution >= 0.6 is 7.14 Å². The first-order valence-electron chi connectivity index (χ1n) is 8.74. The second-order valence-corrected chi connectivity index (χ2v) is 9.74. The number of hydrogen-bond acceptors (Lipinski definition) is 2. The second-order valence-electron chi connectivity index (χ2n) is 7.01. The molecule has 0 aromatic heterocycles. The first-order valence-corrected chi connectivity index (χ1v) is 10.4. The van der Waals surface area contributed by atoms with E-state index in [0.29, 0.717) is 0 Å². The molecule has 0 amide bonds. The van der Waals surface area contributed by atoms with Gasteiger partial charge in [-0.1, -0.05) is 78.9 Å². The van der Waals surface area contributed by atoms with Crippen molar-refractivity contribution in [2.24, 2.45) is 0 Å². The minimum absolute atomic E-state index is 0.525. The molecule has 0 bridgehead atoms. The van der Waals surface area contributed by atoms with E-state index in [2.05, 4.69) is 0 Å². The van der Waals surface area contributed by atoms with Crippen LogP contribution in [0.3, 0.4) is 0 Å². The van der Waals surface area contributed by atoms with Gasteiger partial charge in [0.1, 0.15) is 11.4 Å². The Hall–Kier alpha value is -2.57. The number of rotatable bonds is 3. The van der Waals surface area contributed by atoms with Crippen LogP contribution in [0.15, 0.2) is 91.0 Å². The average Bonchev–Trinajstić information content (AvgIpc) is 2.67. The predicted octanol–water partition coefficient (Wildman–Crippen LogP) is 5.21. The summed E-state index contributed by atoms with van der Waals surface area (Å²) in [5.74, 6) is 0.780. The Morgan fingerprint density at radius 3 is 1.81 bits per heavy atom. The Labute approximate surface area is 154 Å². The molecule has 0 unspecified atom stereocenters. The molecule has 0 saturated carbocycles. The van der Waals surface area contributed by atoms with Crippen LogP contribution in [0.4, 0.5) is 0 Å². The highest BCUT2D eigenvalue weighted by molar-refractivity contribution is 7.87. The molecule has 3 heteroatoms. The zero-order chi connectivity index (χ0) is 18.2. The van der Waals surface area contributed by atoms with Gasteiger partial charge in [-0.05, 0) is 26.0 Å². The third kappa shape index (κ3) is 2.81. The normalized spacial score (nSPS) is 15.5. The quantitative estimate of drug-likeness (QED) is 0.599. The van der Waals surface area contributed by atoms with E-state index in [1.807, 2.05) is 105 Å². The first kappa shape index (κ1) is 16.9. The van der Waals surface area contributed by atoms with Crippen LogP contribution in [0, 0.1) is 0 Å². The molecule has 0 aliphatic carbocycles. The van der Waals surface area contributed by atoms with Gasteiger partial charge in [0.25, 0.3) is 0 Å². The highest BCUT2D eigenvalue weighted by Crippen LogP contribution is 2.60. The summed E-state index contributed by atoms with van der Waals surface area (Å²) in [5.41, 5.74) is 0.381. The molecule has 1 aliphatic heterocycles. The van der Waals surface area contributed by atoms with Crippen LogP contribution in [0.25, 0.3) is 5.31 Å². The van der Waals surface area contributed by atoms with Gasteiger partial charge in [0.15, 0.2) is 7.14 Å². The number of hydrogen-bond donors (Lipinski definition) is 0. The summed E-state index contributed by atoms with van der Waals surface area (Å²) in [7, 11) is -3.03. The monoisotopic (exact) mass is 360 g/mol. The molecule has 26 heavy (non-hydrogen) atoms. The second kappa shape index (κ2) is 6.30. The van der Waals surface area contributed by atoms with Gasteiger partial charge in [-0.15, -0.1) is 0 Å². The van der Waals surface area contributed by atoms with Gasteiger partial charge in [0.05, 0.1) is 0 Å². The molecule has 0 spiro atoms. The molecule has 1 heterocycles. The molecular weight excluding hydrogens is 339 g/mol. The largest absolute Gasteiger partial charge is 0.483 e. The van der Waals surface area contributed by atoms with Crippen molar-refractivity contribution in [2.45, 2.75) is 19.4 Å². The Balaban J connectivity index is 2.04. The molecule has 4 rings (SSSR count). The van der Waals surface area contributed by atoms with Gasteiger partial charge in [-0.3, -0.25) is 0 Å². The molecule has 0 atom stereocenters. The van der Waals surface area contributed by atoms with Gasteiger partial charge < -0.3 is 9.30 Å². The summed E-state index contributed by atoms with van der Waals surface area (Å²) in [4.78, 5) is 0. The molecule has 0 saturated heterocycles. The van der Waals surface area contributed by atoms with Crippen molar-refractivity contribution in [3.8, 4) is 5.75 Å². The molecule has 0 N–H and O–H groups in total. The van der Waals surface area contributed by atoms with Crippen LogP contribution in [0.5, 0.6) is 5.75 Å². The van der Waals surface area contributed by atoms with Gasteiger partial charge in [0.2, 0.25) is 0 Å². The van der Waals surface area contributed by atoms with Crippen LogP contribution in [0.2, 0.25) is 0 Å². The van der Waals surface area contributed by atoms with E-state index >= 15 is 0 Å². The Morgan fingerprint density at radius 2 is 1.23 bits per heavy atom. The first-order chi connectivity index (χ1) is 12.5. The zero-order valence-corrected chi connectivity index (χ0v) is 15.8. The average molecular weight is 360 g/mol. The number of para-hydroxylation sites is 1. The summed E-state index contributed by atoms with van der Waals surface area (Å²) < 4.78 is 20.8. The summed E-state index contributed by atoms with van der Waals surface area (Å²) in [5, 5.41) is 2.52. The molecular formula is C23H21O2P. The number of benzene rings is 3. The van der Waals surface area contributed by atoms with E-state index in [0.717, 1.165) is 27.2 Å². The van der Waals surface area contributed by atoms with Crippen LogP contribution in [-0.4, -0.2) is 5.60 Å². The number of ether oxygens (including phenoxy) is 1. The van der Waals surface area contributed by atoms with Crippen LogP contribution < -0.4 is 15.3 Å². The summed E-state index contributed by atoms with van der Waals surface area (Å²) in [6.45, 7) is 4.01. The predicted molar refractivity (Wildman–Crippen MR) is 109 cm³/mol. The fraction of sp³-hybridized carbons (Fsp3) is 0.130. The van der Waals surface area contributed by atoms with Crippen molar-refractivity contribution in [3.63, 3.8) is 0 Å². The lowest BCUT2D eigenvalue weighted by molar-refractivity contribution is 0.158. The highest BCUT2D eigenvalue weighted by atomic mass is 31.2. The van der Waals surface area contributed by atoms with Crippen LogP contribution in [-0.2, 0) is 4.57 Å². The maximum absolute atomic E-state index is 14.7. The van der Waals surface area contributed by atoms with Gasteiger partial charge in [-0.2, -0.15) is 0 Å². The lowest BCUT2D eigenvalue weighted by Crippen LogP contribution is -2.30. The summed E-state index contributed by atoms with van der Waals surface area (Å²) in [6.07, 6.45) is 2.02. The number of fused-ring (bicyclic) bond motifs is 1. The molecule has 0 radical (unpaired) electrons. The van der Waals surface area contributed by atoms with Gasteiger partial charge in [0, 0.05) is 21.5 Å².